The number of rotatable bonds is 4. The zero-order valence-corrected chi connectivity index (χ0v) is 15.1. The lowest BCUT2D eigenvalue weighted by atomic mass is 10.2. The van der Waals surface area contributed by atoms with E-state index in [0.29, 0.717) is 18.4 Å². The van der Waals surface area contributed by atoms with Crippen LogP contribution in [0.4, 0.5) is 5.13 Å². The number of piperazine rings is 1. The van der Waals surface area contributed by atoms with E-state index in [2.05, 4.69) is 44.0 Å². The van der Waals surface area contributed by atoms with E-state index in [1.165, 1.54) is 0 Å². The molecule has 3 rings (SSSR count). The number of aromatic nitrogens is 2. The number of hydrogen-bond donors (Lipinski definition) is 1. The topological polar surface area (TPSA) is 70.6 Å². The molecule has 2 aromatic rings. The molecular formula is C15H22N6S2. The summed E-state index contributed by atoms with van der Waals surface area (Å²) in [5.74, 6) is 1.08. The third kappa shape index (κ3) is 4.00. The van der Waals surface area contributed by atoms with E-state index in [4.69, 9.17) is 5.73 Å². The Balaban J connectivity index is 1.53. The minimum Gasteiger partial charge on any atom is -0.370 e. The Hall–Kier alpha value is -1.67. The average Bonchev–Trinajstić information content (AvgIpc) is 3.24. The standard InChI is InChI=1S/C15H22N6S2/c1-11(2)13-19-12(10-23-13)9-18-14(16)20-4-6-21(7-5-20)15-17-3-8-22-15/h3,8,10-11H,4-7,9H2,1-2H3,(H2,16,18). The van der Waals surface area contributed by atoms with Gasteiger partial charge in [-0.15, -0.1) is 22.7 Å². The second-order valence-corrected chi connectivity index (χ2v) is 7.56. The van der Waals surface area contributed by atoms with Gasteiger partial charge in [0.15, 0.2) is 11.1 Å². The highest BCUT2D eigenvalue weighted by Gasteiger charge is 2.19. The molecule has 0 amide bonds. The van der Waals surface area contributed by atoms with Gasteiger partial charge in [0, 0.05) is 49.1 Å². The molecule has 1 saturated heterocycles. The first-order valence-corrected chi connectivity index (χ1v) is 9.53. The fourth-order valence-electron chi connectivity index (χ4n) is 2.42. The Bertz CT molecular complexity index is 641. The van der Waals surface area contributed by atoms with Crippen molar-refractivity contribution in [1.29, 1.82) is 0 Å². The highest BCUT2D eigenvalue weighted by atomic mass is 32.1. The molecule has 0 aliphatic carbocycles. The molecule has 2 aromatic heterocycles. The van der Waals surface area contributed by atoms with E-state index < -0.39 is 0 Å². The minimum absolute atomic E-state index is 0.467. The van der Waals surface area contributed by atoms with E-state index in [9.17, 15) is 0 Å². The van der Waals surface area contributed by atoms with Crippen LogP contribution in [-0.4, -0.2) is 47.0 Å². The highest BCUT2D eigenvalue weighted by Crippen LogP contribution is 2.20. The van der Waals surface area contributed by atoms with Crippen LogP contribution in [0, 0.1) is 0 Å². The van der Waals surface area contributed by atoms with Gasteiger partial charge in [-0.1, -0.05) is 13.8 Å². The normalized spacial score (nSPS) is 16.4. The number of aliphatic imine (C=N–C) groups is 1. The summed E-state index contributed by atoms with van der Waals surface area (Å²) in [7, 11) is 0. The number of hydrogen-bond acceptors (Lipinski definition) is 6. The van der Waals surface area contributed by atoms with Crippen LogP contribution in [0.5, 0.6) is 0 Å². The van der Waals surface area contributed by atoms with Crippen molar-refractivity contribution in [2.24, 2.45) is 10.7 Å². The number of nitrogens with zero attached hydrogens (tertiary/aromatic N) is 5. The SMILES string of the molecule is CC(C)c1nc(CN=C(N)N2CCN(c3nccs3)CC2)cs1. The Morgan fingerprint density at radius 3 is 2.70 bits per heavy atom. The van der Waals surface area contributed by atoms with E-state index in [1.54, 1.807) is 22.7 Å². The maximum absolute atomic E-state index is 6.15. The molecule has 1 aliphatic heterocycles. The Morgan fingerprint density at radius 2 is 2.09 bits per heavy atom. The van der Waals surface area contributed by atoms with Crippen molar-refractivity contribution in [3.05, 3.63) is 27.7 Å². The van der Waals surface area contributed by atoms with Crippen LogP contribution in [0.15, 0.2) is 21.9 Å². The Morgan fingerprint density at radius 1 is 1.30 bits per heavy atom. The maximum Gasteiger partial charge on any atom is 0.191 e. The van der Waals surface area contributed by atoms with Gasteiger partial charge in [-0.3, -0.25) is 0 Å². The molecule has 8 heteroatoms. The van der Waals surface area contributed by atoms with Gasteiger partial charge < -0.3 is 15.5 Å². The van der Waals surface area contributed by atoms with Gasteiger partial charge in [-0.2, -0.15) is 0 Å². The predicted octanol–water partition coefficient (Wildman–Crippen LogP) is 2.36. The van der Waals surface area contributed by atoms with Crippen LogP contribution < -0.4 is 10.6 Å². The summed E-state index contributed by atoms with van der Waals surface area (Å²) in [5, 5.41) is 6.33. The van der Waals surface area contributed by atoms with Gasteiger partial charge >= 0.3 is 0 Å². The molecule has 23 heavy (non-hydrogen) atoms. The van der Waals surface area contributed by atoms with Crippen molar-refractivity contribution < 1.29 is 0 Å². The van der Waals surface area contributed by atoms with Crippen LogP contribution >= 0.6 is 22.7 Å². The summed E-state index contributed by atoms with van der Waals surface area (Å²) in [6.45, 7) is 8.48. The molecular weight excluding hydrogens is 328 g/mol. The zero-order chi connectivity index (χ0) is 16.2. The van der Waals surface area contributed by atoms with Gasteiger partial charge in [0.25, 0.3) is 0 Å². The maximum atomic E-state index is 6.15. The third-order valence-corrected chi connectivity index (χ3v) is 5.79. The van der Waals surface area contributed by atoms with Crippen molar-refractivity contribution in [2.75, 3.05) is 31.1 Å². The summed E-state index contributed by atoms with van der Waals surface area (Å²) in [5.41, 5.74) is 7.15. The first-order chi connectivity index (χ1) is 11.1. The molecule has 0 bridgehead atoms. The zero-order valence-electron chi connectivity index (χ0n) is 13.5. The molecule has 0 spiro atoms. The lowest BCUT2D eigenvalue weighted by molar-refractivity contribution is 0.380. The lowest BCUT2D eigenvalue weighted by Gasteiger charge is -2.35. The number of thiazole rings is 2. The molecule has 0 atom stereocenters. The van der Waals surface area contributed by atoms with Crippen molar-refractivity contribution in [3.63, 3.8) is 0 Å². The number of guanidine groups is 1. The first kappa shape index (κ1) is 16.2. The summed E-state index contributed by atoms with van der Waals surface area (Å²) < 4.78 is 0. The van der Waals surface area contributed by atoms with Crippen molar-refractivity contribution >= 4 is 33.8 Å². The predicted molar refractivity (Wildman–Crippen MR) is 97.4 cm³/mol. The second-order valence-electron chi connectivity index (χ2n) is 5.79. The van der Waals surface area contributed by atoms with Crippen molar-refractivity contribution in [3.8, 4) is 0 Å². The molecule has 1 aliphatic rings. The molecule has 2 N–H and O–H groups in total. The lowest BCUT2D eigenvalue weighted by Crippen LogP contribution is -2.51. The van der Waals surface area contributed by atoms with E-state index in [0.717, 1.165) is 42.0 Å². The van der Waals surface area contributed by atoms with Gasteiger partial charge in [-0.25, -0.2) is 15.0 Å². The first-order valence-electron chi connectivity index (χ1n) is 7.77. The highest BCUT2D eigenvalue weighted by molar-refractivity contribution is 7.13. The molecule has 0 unspecified atom stereocenters. The average molecular weight is 351 g/mol. The quantitative estimate of drug-likeness (QED) is 0.677. The smallest absolute Gasteiger partial charge is 0.191 e. The molecule has 6 nitrogen and oxygen atoms in total. The van der Waals surface area contributed by atoms with Crippen molar-refractivity contribution in [2.45, 2.75) is 26.3 Å². The van der Waals surface area contributed by atoms with Crippen LogP contribution in [0.2, 0.25) is 0 Å². The summed E-state index contributed by atoms with van der Waals surface area (Å²) in [6, 6.07) is 0. The molecule has 1 fully saturated rings. The van der Waals surface area contributed by atoms with Gasteiger partial charge in [0.1, 0.15) is 0 Å². The largest absolute Gasteiger partial charge is 0.370 e. The van der Waals surface area contributed by atoms with Gasteiger partial charge in [0.2, 0.25) is 0 Å². The molecule has 0 radical (unpaired) electrons. The van der Waals surface area contributed by atoms with E-state index >= 15 is 0 Å². The van der Waals surface area contributed by atoms with E-state index in [-0.39, 0.29) is 0 Å². The van der Waals surface area contributed by atoms with Crippen LogP contribution in [0.25, 0.3) is 0 Å². The molecule has 0 saturated carbocycles. The summed E-state index contributed by atoms with van der Waals surface area (Å²) in [4.78, 5) is 17.9. The van der Waals surface area contributed by atoms with Gasteiger partial charge in [0.05, 0.1) is 17.2 Å². The van der Waals surface area contributed by atoms with Crippen molar-refractivity contribution in [1.82, 2.24) is 14.9 Å². The van der Waals surface area contributed by atoms with Crippen LogP contribution in [-0.2, 0) is 6.54 Å². The Kier molecular flexibility index (Phi) is 5.12. The third-order valence-electron chi connectivity index (χ3n) is 3.76. The number of anilines is 1. The van der Waals surface area contributed by atoms with E-state index in [1.807, 2.05) is 11.6 Å². The fraction of sp³-hybridized carbons (Fsp3) is 0.533. The van der Waals surface area contributed by atoms with Crippen LogP contribution in [0.1, 0.15) is 30.5 Å². The Labute approximate surface area is 144 Å². The molecule has 3 heterocycles. The summed E-state index contributed by atoms with van der Waals surface area (Å²) >= 11 is 3.38. The monoisotopic (exact) mass is 350 g/mol. The number of nitrogens with two attached hydrogens (primary N) is 1. The minimum atomic E-state index is 0.467. The molecule has 124 valence electrons. The molecule has 0 aromatic carbocycles. The van der Waals surface area contributed by atoms with Crippen LogP contribution in [0.3, 0.4) is 0 Å². The summed E-state index contributed by atoms with van der Waals surface area (Å²) in [6.07, 6.45) is 1.85. The second kappa shape index (κ2) is 7.27. The fourth-order valence-corrected chi connectivity index (χ4v) is 3.94. The van der Waals surface area contributed by atoms with Gasteiger partial charge in [-0.05, 0) is 0 Å².